The third kappa shape index (κ3) is 2.23. The molecule has 0 radical (unpaired) electrons. The number of nitrogens with zero attached hydrogens (tertiary/aromatic N) is 1. The molecule has 0 aromatic carbocycles. The lowest BCUT2D eigenvalue weighted by Crippen LogP contribution is -2.38. The normalized spacial score (nSPS) is 12.8. The van der Waals surface area contributed by atoms with Crippen molar-refractivity contribution in [3.8, 4) is 0 Å². The van der Waals surface area contributed by atoms with E-state index >= 15 is 0 Å². The van der Waals surface area contributed by atoms with Gasteiger partial charge in [0.2, 0.25) is 0 Å². The largest absolute Gasteiger partial charge is 0.760 e. The van der Waals surface area contributed by atoms with E-state index in [9.17, 15) is 5.21 Å². The Kier molecular flexibility index (Phi) is 2.36. The Morgan fingerprint density at radius 1 is 1.50 bits per heavy atom. The second-order valence-electron chi connectivity index (χ2n) is 2.53. The SMILES string of the molecule is CC(C)(C)N([O-])ON. The van der Waals surface area contributed by atoms with Gasteiger partial charge in [-0.05, 0) is 20.8 Å². The van der Waals surface area contributed by atoms with E-state index in [1.165, 1.54) is 0 Å². The molecule has 50 valence electrons. The summed E-state index contributed by atoms with van der Waals surface area (Å²) in [5.74, 6) is 4.57. The van der Waals surface area contributed by atoms with E-state index < -0.39 is 5.54 Å². The summed E-state index contributed by atoms with van der Waals surface area (Å²) in [5, 5.41) is 10.7. The first-order valence-corrected chi connectivity index (χ1v) is 2.32. The molecule has 0 amide bonds. The first kappa shape index (κ1) is 7.84. The first-order valence-electron chi connectivity index (χ1n) is 2.32. The summed E-state index contributed by atoms with van der Waals surface area (Å²) in [6.45, 7) is 5.10. The van der Waals surface area contributed by atoms with Gasteiger partial charge in [0, 0.05) is 5.54 Å². The molecule has 0 unspecified atom stereocenters. The topological polar surface area (TPSA) is 61.5 Å². The summed E-state index contributed by atoms with van der Waals surface area (Å²) in [7, 11) is 0. The van der Waals surface area contributed by atoms with Gasteiger partial charge in [-0.1, -0.05) is 0 Å². The van der Waals surface area contributed by atoms with Crippen molar-refractivity contribution in [2.45, 2.75) is 26.3 Å². The number of hydrogen-bond acceptors (Lipinski definition) is 4. The van der Waals surface area contributed by atoms with Gasteiger partial charge < -0.3 is 5.21 Å². The molecule has 4 heteroatoms. The zero-order valence-electron chi connectivity index (χ0n) is 5.34. The zero-order valence-corrected chi connectivity index (χ0v) is 5.34. The molecule has 0 bridgehead atoms. The van der Waals surface area contributed by atoms with Crippen LogP contribution < -0.4 is 5.90 Å². The number of nitrogens with two attached hydrogens (primary N) is 1. The third-order valence-electron chi connectivity index (χ3n) is 0.643. The molecule has 0 aromatic heterocycles. The van der Waals surface area contributed by atoms with Crippen molar-refractivity contribution < 1.29 is 4.94 Å². The molecule has 0 heterocycles. The summed E-state index contributed by atoms with van der Waals surface area (Å²) in [6, 6.07) is 0. The van der Waals surface area contributed by atoms with Crippen LogP contribution in [-0.4, -0.2) is 10.8 Å². The Morgan fingerprint density at radius 2 is 1.88 bits per heavy atom. The highest BCUT2D eigenvalue weighted by molar-refractivity contribution is 4.68. The van der Waals surface area contributed by atoms with Crippen molar-refractivity contribution in [1.82, 2.24) is 5.23 Å². The highest BCUT2D eigenvalue weighted by atomic mass is 16.9. The van der Waals surface area contributed by atoms with Gasteiger partial charge in [0.25, 0.3) is 0 Å². The molecule has 0 rings (SSSR count). The Labute approximate surface area is 48.7 Å². The van der Waals surface area contributed by atoms with Gasteiger partial charge in [-0.3, -0.25) is 0 Å². The van der Waals surface area contributed by atoms with Gasteiger partial charge in [0.15, 0.2) is 0 Å². The second-order valence-corrected chi connectivity index (χ2v) is 2.53. The Bertz CT molecular complexity index is 68.9. The van der Waals surface area contributed by atoms with Crippen LogP contribution in [-0.2, 0) is 4.94 Å². The van der Waals surface area contributed by atoms with Crippen molar-refractivity contribution in [2.24, 2.45) is 5.90 Å². The zero-order chi connectivity index (χ0) is 6.78. The van der Waals surface area contributed by atoms with Gasteiger partial charge in [0.1, 0.15) is 0 Å². The van der Waals surface area contributed by atoms with Gasteiger partial charge in [-0.15, -0.1) is 0 Å². The summed E-state index contributed by atoms with van der Waals surface area (Å²) < 4.78 is 0. The lowest BCUT2D eigenvalue weighted by molar-refractivity contribution is -0.176. The third-order valence-corrected chi connectivity index (χ3v) is 0.643. The second kappa shape index (κ2) is 2.41. The highest BCUT2D eigenvalue weighted by Gasteiger charge is 2.11. The predicted octanol–water partition coefficient (Wildman–Crippen LogP) is 0.390. The minimum absolute atomic E-state index is 0.340. The average molecular weight is 119 g/mol. The number of rotatable bonds is 1. The monoisotopic (exact) mass is 119 g/mol. The minimum Gasteiger partial charge on any atom is -0.760 e. The summed E-state index contributed by atoms with van der Waals surface area (Å²) in [6.07, 6.45) is 0. The van der Waals surface area contributed by atoms with Crippen LogP contribution in [0.1, 0.15) is 20.8 Å². The number of hydroxylamine groups is 2. The molecule has 0 atom stereocenters. The predicted molar refractivity (Wildman–Crippen MR) is 30.2 cm³/mol. The maximum atomic E-state index is 10.4. The lowest BCUT2D eigenvalue weighted by Gasteiger charge is -2.36. The van der Waals surface area contributed by atoms with Crippen molar-refractivity contribution in [1.29, 1.82) is 0 Å². The van der Waals surface area contributed by atoms with Gasteiger partial charge in [-0.25, -0.2) is 10.2 Å². The maximum absolute atomic E-state index is 10.4. The van der Waals surface area contributed by atoms with Crippen LogP contribution in [0.4, 0.5) is 0 Å². The van der Waals surface area contributed by atoms with Gasteiger partial charge in [-0.2, -0.15) is 5.90 Å². The molecule has 0 aromatic rings. The van der Waals surface area contributed by atoms with Crippen LogP contribution in [0, 0.1) is 5.21 Å². The van der Waals surface area contributed by atoms with Crippen molar-refractivity contribution in [3.05, 3.63) is 5.21 Å². The molecule has 0 spiro atoms. The van der Waals surface area contributed by atoms with Crippen LogP contribution in [0.5, 0.6) is 0 Å². The standard InChI is InChI=1S/C4H11N2O2/c1-4(2,3)6(7)8-5/h5H2,1-3H3/q-1. The van der Waals surface area contributed by atoms with Crippen LogP contribution in [0.25, 0.3) is 0 Å². The molecular formula is C4H11N2O2-. The van der Waals surface area contributed by atoms with Gasteiger partial charge >= 0.3 is 0 Å². The fourth-order valence-corrected chi connectivity index (χ4v) is 0.158. The Hall–Kier alpha value is -0.160. The van der Waals surface area contributed by atoms with E-state index in [1.54, 1.807) is 20.8 Å². The summed E-state index contributed by atoms with van der Waals surface area (Å²) >= 11 is 0. The van der Waals surface area contributed by atoms with Crippen LogP contribution in [0.3, 0.4) is 0 Å². The average Bonchev–Trinajstić information content (AvgIpc) is 1.62. The fraction of sp³-hybridized carbons (Fsp3) is 1.00. The van der Waals surface area contributed by atoms with Crippen molar-refractivity contribution >= 4 is 0 Å². The summed E-state index contributed by atoms with van der Waals surface area (Å²) in [5.41, 5.74) is -0.561. The molecule has 8 heavy (non-hydrogen) atoms. The van der Waals surface area contributed by atoms with E-state index in [2.05, 4.69) is 10.8 Å². The summed E-state index contributed by atoms with van der Waals surface area (Å²) in [4.78, 5) is 3.89. The van der Waals surface area contributed by atoms with E-state index in [1.807, 2.05) is 0 Å². The van der Waals surface area contributed by atoms with E-state index in [0.717, 1.165) is 0 Å². The molecule has 0 saturated carbocycles. The minimum atomic E-state index is -0.561. The molecule has 0 fully saturated rings. The quantitative estimate of drug-likeness (QED) is 0.507. The van der Waals surface area contributed by atoms with Crippen molar-refractivity contribution in [3.63, 3.8) is 0 Å². The highest BCUT2D eigenvalue weighted by Crippen LogP contribution is 2.08. The van der Waals surface area contributed by atoms with E-state index in [-0.39, 0.29) is 0 Å². The molecular weight excluding hydrogens is 108 g/mol. The fourth-order valence-electron chi connectivity index (χ4n) is 0.158. The van der Waals surface area contributed by atoms with Crippen molar-refractivity contribution in [2.75, 3.05) is 0 Å². The molecule has 4 nitrogen and oxygen atoms in total. The molecule has 0 aliphatic rings. The lowest BCUT2D eigenvalue weighted by atomic mass is 10.1. The van der Waals surface area contributed by atoms with E-state index in [4.69, 9.17) is 0 Å². The Balaban J connectivity index is 3.62. The molecule has 0 aliphatic heterocycles. The van der Waals surface area contributed by atoms with Crippen LogP contribution >= 0.6 is 0 Å². The van der Waals surface area contributed by atoms with Crippen LogP contribution in [0.15, 0.2) is 0 Å². The maximum Gasteiger partial charge on any atom is 0.0264 e. The smallest absolute Gasteiger partial charge is 0.0264 e. The molecule has 0 aliphatic carbocycles. The molecule has 2 N–H and O–H groups in total. The molecule has 0 saturated heterocycles. The number of hydrogen-bond donors (Lipinski definition) is 1. The first-order chi connectivity index (χ1) is 3.48. The van der Waals surface area contributed by atoms with E-state index in [0.29, 0.717) is 5.23 Å². The van der Waals surface area contributed by atoms with Crippen LogP contribution in [0.2, 0.25) is 0 Å². The Morgan fingerprint density at radius 3 is 1.88 bits per heavy atom. The van der Waals surface area contributed by atoms with Gasteiger partial charge in [0.05, 0.1) is 0 Å².